The number of alkyl halides is 3. The molecule has 4 nitrogen and oxygen atoms in total. The molecule has 0 spiro atoms. The van der Waals surface area contributed by atoms with Crippen LogP contribution in [0.4, 0.5) is 13.2 Å². The van der Waals surface area contributed by atoms with Crippen LogP contribution in [0.5, 0.6) is 0 Å². The fraction of sp³-hybridized carbons (Fsp3) is 0.688. The summed E-state index contributed by atoms with van der Waals surface area (Å²) in [6.45, 7) is 5.47. The topological polar surface area (TPSA) is 39.7 Å². The van der Waals surface area contributed by atoms with Crippen LogP contribution in [-0.2, 0) is 0 Å². The van der Waals surface area contributed by atoms with E-state index in [0.29, 0.717) is 37.9 Å². The largest absolute Gasteiger partial charge is 0.401 e. The standard InChI is InChI=1S/C16H25F3N4S/c1-3-20-15(21-8-12(2)13-5-7-24-10-13)22-14-4-6-23(9-14)11-16(17,18)19/h5,7,10,12,14H,3-4,6,8-9,11H2,1-2H3,(H2,20,21,22). The minimum Gasteiger partial charge on any atom is -0.357 e. The number of halogens is 3. The first-order valence-electron chi connectivity index (χ1n) is 8.23. The van der Waals surface area contributed by atoms with E-state index in [0.717, 1.165) is 6.54 Å². The zero-order chi connectivity index (χ0) is 17.6. The maximum absolute atomic E-state index is 12.5. The predicted octanol–water partition coefficient (Wildman–Crippen LogP) is 3.04. The second-order valence-corrected chi connectivity index (χ2v) is 6.94. The monoisotopic (exact) mass is 362 g/mol. The lowest BCUT2D eigenvalue weighted by molar-refractivity contribution is -0.143. The Hall–Kier alpha value is -1.28. The smallest absolute Gasteiger partial charge is 0.357 e. The van der Waals surface area contributed by atoms with Gasteiger partial charge in [-0.3, -0.25) is 9.89 Å². The zero-order valence-electron chi connectivity index (χ0n) is 14.1. The van der Waals surface area contributed by atoms with Gasteiger partial charge in [0.2, 0.25) is 0 Å². The van der Waals surface area contributed by atoms with Crippen molar-refractivity contribution in [3.05, 3.63) is 22.4 Å². The van der Waals surface area contributed by atoms with Crippen LogP contribution < -0.4 is 10.6 Å². The van der Waals surface area contributed by atoms with Crippen LogP contribution in [0.3, 0.4) is 0 Å². The van der Waals surface area contributed by atoms with Gasteiger partial charge in [-0.25, -0.2) is 0 Å². The van der Waals surface area contributed by atoms with Crippen LogP contribution in [0.25, 0.3) is 0 Å². The Morgan fingerprint density at radius 2 is 2.29 bits per heavy atom. The Bertz CT molecular complexity index is 516. The van der Waals surface area contributed by atoms with E-state index in [9.17, 15) is 13.2 Å². The van der Waals surface area contributed by atoms with Crippen molar-refractivity contribution in [2.75, 3.05) is 32.7 Å². The highest BCUT2D eigenvalue weighted by atomic mass is 32.1. The molecule has 1 aliphatic rings. The summed E-state index contributed by atoms with van der Waals surface area (Å²) in [5, 5.41) is 10.6. The molecule has 24 heavy (non-hydrogen) atoms. The number of thiophene rings is 1. The molecule has 2 rings (SSSR count). The normalized spacial score (nSPS) is 21.0. The minimum atomic E-state index is -4.14. The first kappa shape index (κ1) is 19.1. The molecular formula is C16H25F3N4S. The Morgan fingerprint density at radius 1 is 1.50 bits per heavy atom. The molecule has 0 radical (unpaired) electrons. The van der Waals surface area contributed by atoms with E-state index < -0.39 is 12.7 Å². The molecule has 1 saturated heterocycles. The molecule has 2 atom stereocenters. The SMILES string of the molecule is CCNC(=NCC(C)c1ccsc1)NC1CCN(CC(F)(F)F)C1. The van der Waals surface area contributed by atoms with Crippen LogP contribution in [0.15, 0.2) is 21.8 Å². The lowest BCUT2D eigenvalue weighted by Crippen LogP contribution is -2.45. The number of aliphatic imine (C=N–C) groups is 1. The average molecular weight is 362 g/mol. The molecule has 0 saturated carbocycles. The van der Waals surface area contributed by atoms with Crippen molar-refractivity contribution in [1.29, 1.82) is 0 Å². The molecule has 2 N–H and O–H groups in total. The lowest BCUT2D eigenvalue weighted by Gasteiger charge is -2.20. The highest BCUT2D eigenvalue weighted by molar-refractivity contribution is 7.07. The summed E-state index contributed by atoms with van der Waals surface area (Å²) >= 11 is 1.67. The predicted molar refractivity (Wildman–Crippen MR) is 92.7 cm³/mol. The Labute approximate surface area is 145 Å². The first-order valence-corrected chi connectivity index (χ1v) is 9.17. The van der Waals surface area contributed by atoms with Gasteiger partial charge >= 0.3 is 6.18 Å². The summed E-state index contributed by atoms with van der Waals surface area (Å²) in [7, 11) is 0. The highest BCUT2D eigenvalue weighted by Crippen LogP contribution is 2.20. The van der Waals surface area contributed by atoms with Crippen LogP contribution in [0.1, 0.15) is 31.7 Å². The van der Waals surface area contributed by atoms with Crippen molar-refractivity contribution in [3.8, 4) is 0 Å². The number of nitrogens with one attached hydrogen (secondary N) is 2. The molecule has 1 aliphatic heterocycles. The quantitative estimate of drug-likeness (QED) is 0.604. The van der Waals surface area contributed by atoms with E-state index in [4.69, 9.17) is 0 Å². The van der Waals surface area contributed by atoms with Gasteiger partial charge in [-0.05, 0) is 35.7 Å². The summed E-state index contributed by atoms with van der Waals surface area (Å²) in [4.78, 5) is 6.03. The van der Waals surface area contributed by atoms with Gasteiger partial charge in [-0.2, -0.15) is 24.5 Å². The van der Waals surface area contributed by atoms with Crippen molar-refractivity contribution >= 4 is 17.3 Å². The number of nitrogens with zero attached hydrogens (tertiary/aromatic N) is 2. The van der Waals surface area contributed by atoms with Crippen LogP contribution >= 0.6 is 11.3 Å². The number of hydrogen-bond acceptors (Lipinski definition) is 3. The third kappa shape index (κ3) is 6.32. The Kier molecular flexibility index (Phi) is 6.91. The Balaban J connectivity index is 1.86. The van der Waals surface area contributed by atoms with Gasteiger partial charge < -0.3 is 10.6 Å². The zero-order valence-corrected chi connectivity index (χ0v) is 14.9. The van der Waals surface area contributed by atoms with Gasteiger partial charge in [0.25, 0.3) is 0 Å². The summed E-state index contributed by atoms with van der Waals surface area (Å²) in [6, 6.07) is 2.10. The molecule has 0 bridgehead atoms. The van der Waals surface area contributed by atoms with E-state index in [1.54, 1.807) is 11.3 Å². The van der Waals surface area contributed by atoms with Crippen molar-refractivity contribution in [2.24, 2.45) is 4.99 Å². The second kappa shape index (κ2) is 8.71. The summed E-state index contributed by atoms with van der Waals surface area (Å²) in [6.07, 6.45) is -3.44. The van der Waals surface area contributed by atoms with Crippen LogP contribution in [0.2, 0.25) is 0 Å². The third-order valence-electron chi connectivity index (χ3n) is 4.00. The molecule has 2 heterocycles. The van der Waals surface area contributed by atoms with E-state index in [-0.39, 0.29) is 6.04 Å². The molecular weight excluding hydrogens is 337 g/mol. The number of likely N-dealkylation sites (tertiary alicyclic amines) is 1. The molecule has 0 aromatic carbocycles. The second-order valence-electron chi connectivity index (χ2n) is 6.16. The van der Waals surface area contributed by atoms with Crippen LogP contribution in [-0.4, -0.2) is 55.8 Å². The maximum Gasteiger partial charge on any atom is 0.401 e. The van der Waals surface area contributed by atoms with Crippen molar-refractivity contribution < 1.29 is 13.2 Å². The van der Waals surface area contributed by atoms with Gasteiger partial charge in [0, 0.05) is 38.1 Å². The molecule has 0 amide bonds. The molecule has 136 valence electrons. The van der Waals surface area contributed by atoms with Crippen LogP contribution in [0, 0.1) is 0 Å². The van der Waals surface area contributed by atoms with Crippen molar-refractivity contribution in [1.82, 2.24) is 15.5 Å². The third-order valence-corrected chi connectivity index (χ3v) is 4.70. The van der Waals surface area contributed by atoms with E-state index in [2.05, 4.69) is 34.0 Å². The van der Waals surface area contributed by atoms with Crippen molar-refractivity contribution in [3.63, 3.8) is 0 Å². The fourth-order valence-corrected chi connectivity index (χ4v) is 3.53. The molecule has 8 heteroatoms. The number of guanidine groups is 1. The molecule has 1 aromatic heterocycles. The first-order chi connectivity index (χ1) is 11.4. The fourth-order valence-electron chi connectivity index (χ4n) is 2.75. The summed E-state index contributed by atoms with van der Waals surface area (Å²) < 4.78 is 37.4. The van der Waals surface area contributed by atoms with E-state index in [1.807, 2.05) is 12.3 Å². The Morgan fingerprint density at radius 3 is 2.92 bits per heavy atom. The lowest BCUT2D eigenvalue weighted by atomic mass is 10.1. The van der Waals surface area contributed by atoms with Gasteiger partial charge in [0.05, 0.1) is 6.54 Å². The number of rotatable bonds is 6. The average Bonchev–Trinajstić information content (AvgIpc) is 3.15. The molecule has 1 fully saturated rings. The van der Waals surface area contributed by atoms with Gasteiger partial charge in [-0.1, -0.05) is 6.92 Å². The van der Waals surface area contributed by atoms with Gasteiger partial charge in [-0.15, -0.1) is 0 Å². The maximum atomic E-state index is 12.5. The molecule has 0 aliphatic carbocycles. The summed E-state index contributed by atoms with van der Waals surface area (Å²) in [5.74, 6) is 0.996. The summed E-state index contributed by atoms with van der Waals surface area (Å²) in [5.41, 5.74) is 1.26. The molecule has 2 unspecified atom stereocenters. The van der Waals surface area contributed by atoms with Gasteiger partial charge in [0.15, 0.2) is 5.96 Å². The van der Waals surface area contributed by atoms with E-state index in [1.165, 1.54) is 10.5 Å². The highest BCUT2D eigenvalue weighted by Gasteiger charge is 2.34. The number of hydrogen-bond donors (Lipinski definition) is 2. The van der Waals surface area contributed by atoms with Gasteiger partial charge in [0.1, 0.15) is 0 Å². The van der Waals surface area contributed by atoms with E-state index >= 15 is 0 Å². The minimum absolute atomic E-state index is 0.00148. The molecule has 1 aromatic rings. The van der Waals surface area contributed by atoms with Crippen molar-refractivity contribution in [2.45, 2.75) is 38.4 Å².